The Kier molecular flexibility index (Phi) is 5.46. The van der Waals surface area contributed by atoms with Crippen molar-refractivity contribution in [2.45, 2.75) is 71.6 Å². The molecule has 108 valence electrons. The molecule has 19 heavy (non-hydrogen) atoms. The first-order valence-corrected chi connectivity index (χ1v) is 7.74. The summed E-state index contributed by atoms with van der Waals surface area (Å²) in [5.74, 6) is 2.16. The van der Waals surface area contributed by atoms with Crippen molar-refractivity contribution in [2.75, 3.05) is 6.54 Å². The topological polar surface area (TPSA) is 28.4 Å². The minimum Gasteiger partial charge on any atom is -0.463 e. The highest BCUT2D eigenvalue weighted by Crippen LogP contribution is 2.25. The average Bonchev–Trinajstić information content (AvgIpc) is 2.82. The number of rotatable bonds is 6. The number of hydrogen-bond donors (Lipinski definition) is 1. The van der Waals surface area contributed by atoms with Gasteiger partial charge >= 0.3 is 0 Å². The van der Waals surface area contributed by atoms with Crippen LogP contribution < -0.4 is 5.32 Å². The number of hydrogen-bond acceptors (Lipinski definition) is 3. The summed E-state index contributed by atoms with van der Waals surface area (Å²) in [7, 11) is 0. The highest BCUT2D eigenvalue weighted by molar-refractivity contribution is 5.07. The molecule has 0 aromatic carbocycles. The van der Waals surface area contributed by atoms with Gasteiger partial charge < -0.3 is 9.73 Å². The fourth-order valence-corrected chi connectivity index (χ4v) is 2.96. The van der Waals surface area contributed by atoms with Gasteiger partial charge in [-0.2, -0.15) is 0 Å². The molecule has 1 saturated heterocycles. The molecule has 1 aromatic rings. The summed E-state index contributed by atoms with van der Waals surface area (Å²) in [6.45, 7) is 9.70. The van der Waals surface area contributed by atoms with Gasteiger partial charge in [0.05, 0.1) is 13.1 Å². The maximum absolute atomic E-state index is 5.93. The molecule has 1 aromatic heterocycles. The maximum atomic E-state index is 5.93. The minimum atomic E-state index is 0.676. The Morgan fingerprint density at radius 2 is 1.89 bits per heavy atom. The normalized spacial score (nSPS) is 24.8. The average molecular weight is 264 g/mol. The molecule has 2 heterocycles. The summed E-state index contributed by atoms with van der Waals surface area (Å²) < 4.78 is 5.93. The van der Waals surface area contributed by atoms with Gasteiger partial charge in [0.1, 0.15) is 11.5 Å². The van der Waals surface area contributed by atoms with E-state index in [0.29, 0.717) is 12.1 Å². The Morgan fingerprint density at radius 3 is 2.58 bits per heavy atom. The molecule has 2 unspecified atom stereocenters. The monoisotopic (exact) mass is 264 g/mol. The third-order valence-corrected chi connectivity index (χ3v) is 4.16. The molecular weight excluding hydrogens is 236 g/mol. The number of nitrogens with one attached hydrogen (secondary N) is 1. The predicted octanol–water partition coefficient (Wildman–Crippen LogP) is 3.54. The minimum absolute atomic E-state index is 0.676. The highest BCUT2D eigenvalue weighted by atomic mass is 16.3. The van der Waals surface area contributed by atoms with E-state index < -0.39 is 0 Å². The van der Waals surface area contributed by atoms with Crippen molar-refractivity contribution >= 4 is 0 Å². The Labute approximate surface area is 117 Å². The molecule has 1 N–H and O–H groups in total. The van der Waals surface area contributed by atoms with Gasteiger partial charge in [-0.3, -0.25) is 4.90 Å². The van der Waals surface area contributed by atoms with Gasteiger partial charge in [-0.25, -0.2) is 0 Å². The standard InChI is InChI=1S/C16H28N2O/c1-4-10-17-11-15-8-9-16(19-15)12-18-13(2)6-5-7-14(18)3/h8-9,13-14,17H,4-7,10-12H2,1-3H3. The molecule has 1 aliphatic rings. The molecule has 0 aliphatic carbocycles. The third-order valence-electron chi connectivity index (χ3n) is 4.16. The number of piperidine rings is 1. The zero-order chi connectivity index (χ0) is 13.7. The first-order valence-electron chi connectivity index (χ1n) is 7.74. The van der Waals surface area contributed by atoms with Crippen LogP contribution in [0, 0.1) is 0 Å². The Morgan fingerprint density at radius 1 is 1.21 bits per heavy atom. The van der Waals surface area contributed by atoms with Crippen LogP contribution in [0.3, 0.4) is 0 Å². The van der Waals surface area contributed by atoms with Gasteiger partial charge in [0, 0.05) is 12.1 Å². The molecule has 1 aliphatic heterocycles. The lowest BCUT2D eigenvalue weighted by molar-refractivity contribution is 0.0866. The molecule has 0 radical (unpaired) electrons. The van der Waals surface area contributed by atoms with Crippen LogP contribution in [-0.2, 0) is 13.1 Å². The van der Waals surface area contributed by atoms with E-state index in [0.717, 1.165) is 37.6 Å². The van der Waals surface area contributed by atoms with Crippen LogP contribution in [0.25, 0.3) is 0 Å². The van der Waals surface area contributed by atoms with E-state index in [1.807, 2.05) is 0 Å². The predicted molar refractivity (Wildman–Crippen MR) is 79.0 cm³/mol. The molecule has 0 saturated carbocycles. The largest absolute Gasteiger partial charge is 0.463 e. The Bertz CT molecular complexity index is 365. The van der Waals surface area contributed by atoms with E-state index in [4.69, 9.17) is 4.42 Å². The zero-order valence-electron chi connectivity index (χ0n) is 12.6. The van der Waals surface area contributed by atoms with E-state index in [9.17, 15) is 0 Å². The smallest absolute Gasteiger partial charge is 0.118 e. The maximum Gasteiger partial charge on any atom is 0.118 e. The summed E-state index contributed by atoms with van der Waals surface area (Å²) in [5.41, 5.74) is 0. The zero-order valence-corrected chi connectivity index (χ0v) is 12.6. The van der Waals surface area contributed by atoms with Crippen molar-refractivity contribution in [2.24, 2.45) is 0 Å². The molecule has 0 bridgehead atoms. The fraction of sp³-hybridized carbons (Fsp3) is 0.750. The van der Waals surface area contributed by atoms with Gasteiger partial charge in [-0.05, 0) is 51.8 Å². The molecule has 2 atom stereocenters. The molecule has 3 heteroatoms. The summed E-state index contributed by atoms with van der Waals surface area (Å²) in [6.07, 6.45) is 5.16. The molecular formula is C16H28N2O. The molecule has 2 rings (SSSR count). The molecule has 3 nitrogen and oxygen atoms in total. The van der Waals surface area contributed by atoms with Gasteiger partial charge in [-0.15, -0.1) is 0 Å². The lowest BCUT2D eigenvalue weighted by atomic mass is 9.97. The van der Waals surface area contributed by atoms with Crippen molar-refractivity contribution in [1.29, 1.82) is 0 Å². The van der Waals surface area contributed by atoms with Crippen LogP contribution in [0.1, 0.15) is 58.0 Å². The molecule has 0 amide bonds. The van der Waals surface area contributed by atoms with Crippen LogP contribution in [0.5, 0.6) is 0 Å². The quantitative estimate of drug-likeness (QED) is 0.797. The Balaban J connectivity index is 1.88. The van der Waals surface area contributed by atoms with Crippen molar-refractivity contribution in [3.05, 3.63) is 23.7 Å². The lowest BCUT2D eigenvalue weighted by Gasteiger charge is -2.38. The SMILES string of the molecule is CCCNCc1ccc(CN2C(C)CCCC2C)o1. The molecule has 0 spiro atoms. The van der Waals surface area contributed by atoms with E-state index in [2.05, 4.69) is 43.1 Å². The van der Waals surface area contributed by atoms with E-state index in [1.165, 1.54) is 19.3 Å². The molecule has 1 fully saturated rings. The van der Waals surface area contributed by atoms with Gasteiger partial charge in [0.25, 0.3) is 0 Å². The van der Waals surface area contributed by atoms with Crippen LogP contribution in [0.4, 0.5) is 0 Å². The number of nitrogens with zero attached hydrogens (tertiary/aromatic N) is 1. The lowest BCUT2D eigenvalue weighted by Crippen LogP contribution is -2.42. The van der Waals surface area contributed by atoms with Crippen LogP contribution in [-0.4, -0.2) is 23.5 Å². The third kappa shape index (κ3) is 4.08. The van der Waals surface area contributed by atoms with Crippen molar-refractivity contribution in [3.63, 3.8) is 0 Å². The summed E-state index contributed by atoms with van der Waals surface area (Å²) in [6, 6.07) is 5.60. The van der Waals surface area contributed by atoms with E-state index in [1.54, 1.807) is 0 Å². The highest BCUT2D eigenvalue weighted by Gasteiger charge is 2.25. The summed E-state index contributed by atoms with van der Waals surface area (Å²) in [4.78, 5) is 2.57. The first-order chi connectivity index (χ1) is 9.20. The van der Waals surface area contributed by atoms with Gasteiger partial charge in [0.2, 0.25) is 0 Å². The van der Waals surface area contributed by atoms with Crippen molar-refractivity contribution < 1.29 is 4.42 Å². The van der Waals surface area contributed by atoms with E-state index in [-0.39, 0.29) is 0 Å². The van der Waals surface area contributed by atoms with Gasteiger partial charge in [0.15, 0.2) is 0 Å². The number of furan rings is 1. The Hall–Kier alpha value is -0.800. The van der Waals surface area contributed by atoms with Crippen molar-refractivity contribution in [1.82, 2.24) is 10.2 Å². The summed E-state index contributed by atoms with van der Waals surface area (Å²) in [5, 5.41) is 3.38. The number of likely N-dealkylation sites (tertiary alicyclic amines) is 1. The second kappa shape index (κ2) is 7.11. The van der Waals surface area contributed by atoms with Crippen molar-refractivity contribution in [3.8, 4) is 0 Å². The first kappa shape index (κ1) is 14.6. The second-order valence-corrected chi connectivity index (χ2v) is 5.85. The van der Waals surface area contributed by atoms with E-state index >= 15 is 0 Å². The second-order valence-electron chi connectivity index (χ2n) is 5.85. The van der Waals surface area contributed by atoms with Gasteiger partial charge in [-0.1, -0.05) is 13.3 Å². The summed E-state index contributed by atoms with van der Waals surface area (Å²) >= 11 is 0. The van der Waals surface area contributed by atoms with Crippen LogP contribution in [0.15, 0.2) is 16.5 Å². The van der Waals surface area contributed by atoms with Crippen LogP contribution >= 0.6 is 0 Å². The fourth-order valence-electron chi connectivity index (χ4n) is 2.96. The van der Waals surface area contributed by atoms with Crippen LogP contribution in [0.2, 0.25) is 0 Å².